The third-order valence-corrected chi connectivity index (χ3v) is 5.52. The van der Waals surface area contributed by atoms with Crippen LogP contribution in [0.3, 0.4) is 0 Å². The number of aromatic nitrogens is 1. The van der Waals surface area contributed by atoms with Crippen LogP contribution in [-0.2, 0) is 16.1 Å². The van der Waals surface area contributed by atoms with Crippen molar-refractivity contribution in [3.05, 3.63) is 58.7 Å². The van der Waals surface area contributed by atoms with Crippen molar-refractivity contribution in [2.75, 3.05) is 19.6 Å². The van der Waals surface area contributed by atoms with Crippen molar-refractivity contribution in [2.24, 2.45) is 0 Å². The molecule has 154 valence electrons. The molecule has 1 aliphatic heterocycles. The number of carbonyl (C=O) groups is 2. The van der Waals surface area contributed by atoms with Gasteiger partial charge in [0, 0.05) is 21.4 Å². The van der Waals surface area contributed by atoms with E-state index in [0.29, 0.717) is 22.6 Å². The molecular weight excluding hydrogens is 428 g/mol. The number of thioether (sulfide) groups is 1. The average Bonchev–Trinajstić information content (AvgIpc) is 3.23. The first-order chi connectivity index (χ1) is 14.5. The topological polar surface area (TPSA) is 86.8 Å². The van der Waals surface area contributed by atoms with Crippen LogP contribution >= 0.6 is 23.4 Å². The Hall–Kier alpha value is -2.97. The van der Waals surface area contributed by atoms with E-state index in [0.717, 1.165) is 15.8 Å². The highest BCUT2D eigenvalue weighted by molar-refractivity contribution is 7.98. The van der Waals surface area contributed by atoms with Gasteiger partial charge in [-0.1, -0.05) is 17.7 Å². The summed E-state index contributed by atoms with van der Waals surface area (Å²) in [6.45, 7) is -0.189. The van der Waals surface area contributed by atoms with Crippen molar-refractivity contribution in [2.45, 2.75) is 11.5 Å². The lowest BCUT2D eigenvalue weighted by Crippen LogP contribution is -2.30. The molecule has 4 rings (SSSR count). The maximum atomic E-state index is 12.2. The number of nitrogens with zero attached hydrogens (tertiary/aromatic N) is 1. The van der Waals surface area contributed by atoms with Crippen LogP contribution in [0.5, 0.6) is 11.5 Å². The Morgan fingerprint density at radius 3 is 2.83 bits per heavy atom. The summed E-state index contributed by atoms with van der Waals surface area (Å²) in [7, 11) is 0. The molecule has 1 aromatic heterocycles. The molecule has 2 heterocycles. The summed E-state index contributed by atoms with van der Waals surface area (Å²) < 4.78 is 15.7. The van der Waals surface area contributed by atoms with Gasteiger partial charge >= 0.3 is 5.97 Å². The molecule has 0 bridgehead atoms. The minimum Gasteiger partial charge on any atom is -0.459 e. The predicted octanol–water partition coefficient (Wildman–Crippen LogP) is 3.81. The SMILES string of the molecule is CSc1ccc2cc(COC(=O)CNC(=O)c3ccc4c(c3)OCO4)c(Cl)nc2c1. The van der Waals surface area contributed by atoms with E-state index < -0.39 is 11.9 Å². The average molecular weight is 445 g/mol. The molecule has 3 aromatic rings. The van der Waals surface area contributed by atoms with E-state index in [1.807, 2.05) is 30.5 Å². The largest absolute Gasteiger partial charge is 0.459 e. The third kappa shape index (κ3) is 4.44. The van der Waals surface area contributed by atoms with E-state index in [9.17, 15) is 9.59 Å². The van der Waals surface area contributed by atoms with Crippen molar-refractivity contribution in [1.29, 1.82) is 0 Å². The Bertz CT molecular complexity index is 1140. The molecule has 0 atom stereocenters. The zero-order chi connectivity index (χ0) is 21.1. The van der Waals surface area contributed by atoms with E-state index in [4.69, 9.17) is 25.8 Å². The second-order valence-corrected chi connectivity index (χ2v) is 7.65. The number of fused-ring (bicyclic) bond motifs is 2. The molecule has 1 N–H and O–H groups in total. The maximum absolute atomic E-state index is 12.2. The number of amides is 1. The molecule has 9 heteroatoms. The summed E-state index contributed by atoms with van der Waals surface area (Å²) in [5.74, 6) is 0.0723. The number of pyridine rings is 1. The number of carbonyl (C=O) groups excluding carboxylic acids is 2. The van der Waals surface area contributed by atoms with Crippen LogP contribution in [0.1, 0.15) is 15.9 Å². The number of benzene rings is 2. The van der Waals surface area contributed by atoms with E-state index in [2.05, 4.69) is 10.3 Å². The summed E-state index contributed by atoms with van der Waals surface area (Å²) in [5.41, 5.74) is 1.73. The lowest BCUT2D eigenvalue weighted by molar-refractivity contribution is -0.143. The van der Waals surface area contributed by atoms with Crippen LogP contribution in [0, 0.1) is 0 Å². The highest BCUT2D eigenvalue weighted by Crippen LogP contribution is 2.32. The number of esters is 1. The minimum atomic E-state index is -0.585. The number of hydrogen-bond donors (Lipinski definition) is 1. The van der Waals surface area contributed by atoms with Crippen molar-refractivity contribution >= 4 is 46.1 Å². The van der Waals surface area contributed by atoms with Gasteiger partial charge in [0.25, 0.3) is 5.91 Å². The molecule has 0 aliphatic carbocycles. The highest BCUT2D eigenvalue weighted by Gasteiger charge is 2.17. The highest BCUT2D eigenvalue weighted by atomic mass is 35.5. The van der Waals surface area contributed by atoms with Gasteiger partial charge in [-0.3, -0.25) is 9.59 Å². The van der Waals surface area contributed by atoms with E-state index in [-0.39, 0.29) is 25.1 Å². The molecule has 1 aliphatic rings. The zero-order valence-corrected chi connectivity index (χ0v) is 17.5. The van der Waals surface area contributed by atoms with Crippen LogP contribution in [-0.4, -0.2) is 36.5 Å². The van der Waals surface area contributed by atoms with E-state index in [1.165, 1.54) is 0 Å². The van der Waals surface area contributed by atoms with Gasteiger partial charge in [0.1, 0.15) is 18.3 Å². The fourth-order valence-corrected chi connectivity index (χ4v) is 3.53. The lowest BCUT2D eigenvalue weighted by atomic mass is 10.2. The van der Waals surface area contributed by atoms with Crippen molar-refractivity contribution < 1.29 is 23.8 Å². The molecule has 1 amide bonds. The molecular formula is C21H17ClN2O5S. The van der Waals surface area contributed by atoms with Crippen molar-refractivity contribution in [3.63, 3.8) is 0 Å². The van der Waals surface area contributed by atoms with Gasteiger partial charge in [-0.15, -0.1) is 11.8 Å². The third-order valence-electron chi connectivity index (χ3n) is 4.47. The molecule has 0 radical (unpaired) electrons. The zero-order valence-electron chi connectivity index (χ0n) is 15.9. The van der Waals surface area contributed by atoms with E-state index in [1.54, 1.807) is 30.0 Å². The fourth-order valence-electron chi connectivity index (χ4n) is 2.90. The molecule has 0 saturated carbocycles. The standard InChI is InChI=1S/C21H17ClN2O5S/c1-30-15-4-2-12-6-14(20(22)24-16(12)8-15)10-27-19(25)9-23-21(26)13-3-5-17-18(7-13)29-11-28-17/h2-8H,9-11H2,1H3,(H,23,26). The van der Waals surface area contributed by atoms with Gasteiger partial charge in [0.2, 0.25) is 6.79 Å². The van der Waals surface area contributed by atoms with E-state index >= 15 is 0 Å². The second kappa shape index (κ2) is 8.81. The first-order valence-electron chi connectivity index (χ1n) is 9.00. The lowest BCUT2D eigenvalue weighted by Gasteiger charge is -2.09. The quantitative estimate of drug-likeness (QED) is 0.351. The first kappa shape index (κ1) is 20.3. The summed E-state index contributed by atoms with van der Waals surface area (Å²) in [6, 6.07) is 12.5. The second-order valence-electron chi connectivity index (χ2n) is 6.41. The molecule has 0 spiro atoms. The van der Waals surface area contributed by atoms with Gasteiger partial charge in [0.15, 0.2) is 11.5 Å². The van der Waals surface area contributed by atoms with Gasteiger partial charge in [-0.2, -0.15) is 0 Å². The molecule has 0 fully saturated rings. The van der Waals surface area contributed by atoms with Crippen LogP contribution in [0.15, 0.2) is 47.4 Å². The summed E-state index contributed by atoms with van der Waals surface area (Å²) in [5, 5.41) is 3.70. The van der Waals surface area contributed by atoms with Crippen LogP contribution in [0.4, 0.5) is 0 Å². The van der Waals surface area contributed by atoms with Gasteiger partial charge in [-0.25, -0.2) is 4.98 Å². The smallest absolute Gasteiger partial charge is 0.325 e. The Morgan fingerprint density at radius 2 is 2.00 bits per heavy atom. The fraction of sp³-hybridized carbons (Fsp3) is 0.190. The number of rotatable bonds is 6. The van der Waals surface area contributed by atoms with Gasteiger partial charge < -0.3 is 19.5 Å². The molecule has 0 unspecified atom stereocenters. The minimum absolute atomic E-state index is 0.0369. The number of ether oxygens (including phenoxy) is 3. The Labute approximate surface area is 181 Å². The number of nitrogens with one attached hydrogen (secondary N) is 1. The first-order valence-corrected chi connectivity index (χ1v) is 10.6. The molecule has 0 saturated heterocycles. The number of halogens is 1. The monoisotopic (exact) mass is 444 g/mol. The van der Waals surface area contributed by atoms with Crippen LogP contribution in [0.2, 0.25) is 5.15 Å². The summed E-state index contributed by atoms with van der Waals surface area (Å²) in [4.78, 5) is 29.7. The molecule has 30 heavy (non-hydrogen) atoms. The summed E-state index contributed by atoms with van der Waals surface area (Å²) >= 11 is 7.85. The van der Waals surface area contributed by atoms with Crippen LogP contribution < -0.4 is 14.8 Å². The molecule has 2 aromatic carbocycles. The van der Waals surface area contributed by atoms with Crippen molar-refractivity contribution in [3.8, 4) is 11.5 Å². The normalized spacial score (nSPS) is 12.1. The Kier molecular flexibility index (Phi) is 5.96. The molecule has 7 nitrogen and oxygen atoms in total. The number of hydrogen-bond acceptors (Lipinski definition) is 7. The predicted molar refractivity (Wildman–Crippen MR) is 113 cm³/mol. The maximum Gasteiger partial charge on any atom is 0.325 e. The van der Waals surface area contributed by atoms with Gasteiger partial charge in [0.05, 0.1) is 5.52 Å². The Morgan fingerprint density at radius 1 is 1.17 bits per heavy atom. The van der Waals surface area contributed by atoms with Gasteiger partial charge in [-0.05, 0) is 42.7 Å². The Balaban J connectivity index is 1.33. The van der Waals surface area contributed by atoms with Crippen molar-refractivity contribution in [1.82, 2.24) is 10.3 Å². The van der Waals surface area contributed by atoms with Crippen LogP contribution in [0.25, 0.3) is 10.9 Å². The summed E-state index contributed by atoms with van der Waals surface area (Å²) in [6.07, 6.45) is 1.99.